The number of pyridine rings is 1. The number of likely N-dealkylation sites (tertiary alicyclic amines) is 1. The van der Waals surface area contributed by atoms with Gasteiger partial charge < -0.3 is 20.3 Å². The number of anilines is 3. The fraction of sp³-hybridized carbons (Fsp3) is 0.346. The van der Waals surface area contributed by atoms with Crippen LogP contribution in [0.5, 0.6) is 0 Å². The van der Waals surface area contributed by atoms with E-state index in [-0.39, 0.29) is 17.2 Å². The van der Waals surface area contributed by atoms with Gasteiger partial charge in [0.2, 0.25) is 0 Å². The molecule has 1 fully saturated rings. The third-order valence-corrected chi connectivity index (χ3v) is 6.01. The number of hydrogen-bond donors (Lipinski definition) is 2. The summed E-state index contributed by atoms with van der Waals surface area (Å²) >= 11 is 5.93. The summed E-state index contributed by atoms with van der Waals surface area (Å²) in [4.78, 5) is 18.8. The molecule has 0 radical (unpaired) electrons. The van der Waals surface area contributed by atoms with Gasteiger partial charge in [0, 0.05) is 36.0 Å². The SMILES string of the molecule is CC(C)(C)OC(=O)N1CCCC1CNc1ccc2ncc(C#N)c(Nc3ccc(F)c(Cl)c3)c2c1. The Balaban J connectivity index is 1.57. The number of benzene rings is 2. The predicted octanol–water partition coefficient (Wildman–Crippen LogP) is 6.45. The van der Waals surface area contributed by atoms with Crippen molar-refractivity contribution in [3.63, 3.8) is 0 Å². The summed E-state index contributed by atoms with van der Waals surface area (Å²) in [7, 11) is 0. The van der Waals surface area contributed by atoms with E-state index in [9.17, 15) is 14.4 Å². The van der Waals surface area contributed by atoms with Crippen molar-refractivity contribution >= 4 is 45.7 Å². The molecule has 9 heteroatoms. The fourth-order valence-electron chi connectivity index (χ4n) is 4.08. The molecule has 0 bridgehead atoms. The quantitative estimate of drug-likeness (QED) is 0.422. The zero-order valence-corrected chi connectivity index (χ0v) is 20.6. The molecule has 0 spiro atoms. The predicted molar refractivity (Wildman–Crippen MR) is 136 cm³/mol. The average molecular weight is 496 g/mol. The number of carbonyl (C=O) groups is 1. The van der Waals surface area contributed by atoms with Crippen molar-refractivity contribution in [2.24, 2.45) is 0 Å². The number of carbonyl (C=O) groups excluding carboxylic acids is 1. The standard InChI is InChI=1S/C26H27ClFN5O2/c1-26(2,3)35-25(34)33-10-4-5-19(33)15-30-17-7-9-23-20(11-17)24(16(13-29)14-31-23)32-18-6-8-22(28)21(27)12-18/h6-9,11-12,14,19,30H,4-5,10,15H2,1-3H3,(H,31,32). The van der Waals surface area contributed by atoms with E-state index in [1.165, 1.54) is 18.3 Å². The molecule has 1 aliphatic heterocycles. The number of fused-ring (bicyclic) bond motifs is 1. The Bertz CT molecular complexity index is 1300. The molecule has 2 heterocycles. The summed E-state index contributed by atoms with van der Waals surface area (Å²) in [6.45, 7) is 6.81. The summed E-state index contributed by atoms with van der Waals surface area (Å²) in [6, 6.07) is 12.1. The number of aromatic nitrogens is 1. The van der Waals surface area contributed by atoms with Gasteiger partial charge in [-0.2, -0.15) is 5.26 Å². The van der Waals surface area contributed by atoms with Crippen molar-refractivity contribution in [1.29, 1.82) is 5.26 Å². The van der Waals surface area contributed by atoms with Crippen molar-refractivity contribution < 1.29 is 13.9 Å². The Kier molecular flexibility index (Phi) is 6.99. The van der Waals surface area contributed by atoms with Gasteiger partial charge in [0.25, 0.3) is 0 Å². The molecule has 0 aliphatic carbocycles. The van der Waals surface area contributed by atoms with Gasteiger partial charge in [0.05, 0.1) is 27.8 Å². The summed E-state index contributed by atoms with van der Waals surface area (Å²) in [5, 5.41) is 17.0. The van der Waals surface area contributed by atoms with Crippen LogP contribution in [0.2, 0.25) is 5.02 Å². The number of nitrogens with one attached hydrogen (secondary N) is 2. The molecule has 3 aromatic rings. The number of ether oxygens (including phenoxy) is 1. The second-order valence-corrected chi connectivity index (χ2v) is 9.90. The maximum absolute atomic E-state index is 13.6. The van der Waals surface area contributed by atoms with Crippen LogP contribution in [0.4, 0.5) is 26.2 Å². The van der Waals surface area contributed by atoms with Gasteiger partial charge in [-0.15, -0.1) is 0 Å². The van der Waals surface area contributed by atoms with Crippen LogP contribution in [0.25, 0.3) is 10.9 Å². The molecule has 1 aliphatic rings. The smallest absolute Gasteiger partial charge is 0.410 e. The average Bonchev–Trinajstić information content (AvgIpc) is 3.28. The molecular formula is C26H27ClFN5O2. The minimum Gasteiger partial charge on any atom is -0.444 e. The summed E-state index contributed by atoms with van der Waals surface area (Å²) in [6.07, 6.45) is 3.01. The molecular weight excluding hydrogens is 469 g/mol. The molecule has 35 heavy (non-hydrogen) atoms. The minimum absolute atomic E-state index is 0.0136. The van der Waals surface area contributed by atoms with Crippen molar-refractivity contribution in [3.8, 4) is 6.07 Å². The molecule has 2 N–H and O–H groups in total. The highest BCUT2D eigenvalue weighted by atomic mass is 35.5. The number of rotatable bonds is 5. The zero-order chi connectivity index (χ0) is 25.2. The first-order chi connectivity index (χ1) is 16.6. The lowest BCUT2D eigenvalue weighted by Crippen LogP contribution is -2.42. The Morgan fingerprint density at radius 2 is 2.06 bits per heavy atom. The Morgan fingerprint density at radius 1 is 1.29 bits per heavy atom. The number of amides is 1. The monoisotopic (exact) mass is 495 g/mol. The van der Waals surface area contributed by atoms with Crippen molar-refractivity contribution in [1.82, 2.24) is 9.88 Å². The highest BCUT2D eigenvalue weighted by molar-refractivity contribution is 6.31. The first kappa shape index (κ1) is 24.6. The van der Waals surface area contributed by atoms with E-state index in [1.807, 2.05) is 39.0 Å². The van der Waals surface area contributed by atoms with E-state index < -0.39 is 11.4 Å². The van der Waals surface area contributed by atoms with Crippen LogP contribution in [0.3, 0.4) is 0 Å². The van der Waals surface area contributed by atoms with Crippen LogP contribution in [-0.2, 0) is 4.74 Å². The number of halogens is 2. The van der Waals surface area contributed by atoms with E-state index in [0.29, 0.717) is 35.5 Å². The zero-order valence-electron chi connectivity index (χ0n) is 19.9. The van der Waals surface area contributed by atoms with Gasteiger partial charge in [0.15, 0.2) is 0 Å². The number of nitriles is 1. The normalized spacial score (nSPS) is 15.7. The highest BCUT2D eigenvalue weighted by Gasteiger charge is 2.32. The van der Waals surface area contributed by atoms with Gasteiger partial charge in [-0.25, -0.2) is 9.18 Å². The molecule has 1 atom stereocenters. The van der Waals surface area contributed by atoms with E-state index in [1.54, 1.807) is 11.0 Å². The second kappa shape index (κ2) is 9.96. The molecule has 1 aromatic heterocycles. The van der Waals surface area contributed by atoms with Crippen molar-refractivity contribution in [3.05, 3.63) is 59.0 Å². The summed E-state index contributed by atoms with van der Waals surface area (Å²) in [5.41, 5.74) is 2.44. The lowest BCUT2D eigenvalue weighted by atomic mass is 10.1. The highest BCUT2D eigenvalue weighted by Crippen LogP contribution is 2.32. The number of hydrogen-bond acceptors (Lipinski definition) is 6. The van der Waals surface area contributed by atoms with E-state index in [0.717, 1.165) is 23.9 Å². The van der Waals surface area contributed by atoms with E-state index >= 15 is 0 Å². The maximum Gasteiger partial charge on any atom is 0.410 e. The van der Waals surface area contributed by atoms with Crippen LogP contribution >= 0.6 is 11.6 Å². The van der Waals surface area contributed by atoms with Crippen LogP contribution in [-0.4, -0.2) is 40.7 Å². The molecule has 4 rings (SSSR count). The lowest BCUT2D eigenvalue weighted by Gasteiger charge is -2.29. The molecule has 182 valence electrons. The summed E-state index contributed by atoms with van der Waals surface area (Å²) in [5.74, 6) is -0.517. The van der Waals surface area contributed by atoms with Crippen molar-refractivity contribution in [2.45, 2.75) is 45.3 Å². The van der Waals surface area contributed by atoms with Crippen LogP contribution in [0, 0.1) is 17.1 Å². The van der Waals surface area contributed by atoms with Crippen LogP contribution in [0.1, 0.15) is 39.2 Å². The molecule has 7 nitrogen and oxygen atoms in total. The molecule has 1 unspecified atom stereocenters. The molecule has 1 saturated heterocycles. The van der Waals surface area contributed by atoms with Gasteiger partial charge in [-0.1, -0.05) is 11.6 Å². The van der Waals surface area contributed by atoms with Crippen molar-refractivity contribution in [2.75, 3.05) is 23.7 Å². The summed E-state index contributed by atoms with van der Waals surface area (Å²) < 4.78 is 19.2. The molecule has 0 saturated carbocycles. The Hall–Kier alpha value is -3.57. The minimum atomic E-state index is -0.542. The van der Waals surface area contributed by atoms with Gasteiger partial charge in [-0.3, -0.25) is 4.98 Å². The fourth-order valence-corrected chi connectivity index (χ4v) is 4.27. The molecule has 2 aromatic carbocycles. The lowest BCUT2D eigenvalue weighted by molar-refractivity contribution is 0.0235. The Morgan fingerprint density at radius 3 is 2.77 bits per heavy atom. The van der Waals surface area contributed by atoms with Crippen LogP contribution in [0.15, 0.2) is 42.6 Å². The van der Waals surface area contributed by atoms with Gasteiger partial charge in [-0.05, 0) is 70.0 Å². The molecule has 1 amide bonds. The second-order valence-electron chi connectivity index (χ2n) is 9.50. The largest absolute Gasteiger partial charge is 0.444 e. The van der Waals surface area contributed by atoms with Gasteiger partial charge in [0.1, 0.15) is 17.5 Å². The van der Waals surface area contributed by atoms with E-state index in [2.05, 4.69) is 21.7 Å². The first-order valence-corrected chi connectivity index (χ1v) is 11.8. The van der Waals surface area contributed by atoms with E-state index in [4.69, 9.17) is 16.3 Å². The first-order valence-electron chi connectivity index (χ1n) is 11.4. The van der Waals surface area contributed by atoms with Gasteiger partial charge >= 0.3 is 6.09 Å². The third kappa shape index (κ3) is 5.75. The Labute approximate surface area is 208 Å². The topological polar surface area (TPSA) is 90.3 Å². The van der Waals surface area contributed by atoms with Crippen LogP contribution < -0.4 is 10.6 Å². The third-order valence-electron chi connectivity index (χ3n) is 5.72. The maximum atomic E-state index is 13.6. The number of nitrogens with zero attached hydrogens (tertiary/aromatic N) is 3.